The van der Waals surface area contributed by atoms with E-state index in [1.165, 1.54) is 13.8 Å². The van der Waals surface area contributed by atoms with E-state index in [0.29, 0.717) is 12.8 Å². The molecular weight excluding hydrogens is 380 g/mol. The maximum atomic E-state index is 12.8. The molecule has 0 aliphatic rings. The number of carbonyl (C=O) groups excluding carboxylic acids is 3. The Hall–Kier alpha value is -2.20. The van der Waals surface area contributed by atoms with Crippen LogP contribution in [0.2, 0.25) is 0 Å². The van der Waals surface area contributed by atoms with Gasteiger partial charge in [0, 0.05) is 0 Å². The summed E-state index contributed by atoms with van der Waals surface area (Å²) in [4.78, 5) is 48.4. The number of aliphatic hydroxyl groups excluding tert-OH is 1. The fraction of sp³-hybridized carbons (Fsp3) is 0.789. The number of carbonyl (C=O) groups is 4. The van der Waals surface area contributed by atoms with Crippen molar-refractivity contribution < 1.29 is 29.4 Å². The van der Waals surface area contributed by atoms with Crippen molar-refractivity contribution in [3.05, 3.63) is 0 Å². The van der Waals surface area contributed by atoms with Gasteiger partial charge in [0.05, 0.1) is 12.1 Å². The number of nitrogens with two attached hydrogens (primary N) is 1. The van der Waals surface area contributed by atoms with E-state index in [2.05, 4.69) is 16.0 Å². The molecule has 0 aromatic carbocycles. The lowest BCUT2D eigenvalue weighted by Crippen LogP contribution is -2.60. The summed E-state index contributed by atoms with van der Waals surface area (Å²) in [6.45, 7) is 10.0. The van der Waals surface area contributed by atoms with Crippen LogP contribution in [-0.2, 0) is 19.2 Å². The number of hydrogen-bond donors (Lipinski definition) is 6. The second-order valence-electron chi connectivity index (χ2n) is 7.90. The predicted molar refractivity (Wildman–Crippen MR) is 108 cm³/mol. The summed E-state index contributed by atoms with van der Waals surface area (Å²) in [6, 6.07) is -4.31. The molecule has 0 saturated carbocycles. The average molecular weight is 417 g/mol. The van der Waals surface area contributed by atoms with Crippen LogP contribution in [0.4, 0.5) is 0 Å². The van der Waals surface area contributed by atoms with Crippen LogP contribution in [0, 0.1) is 11.8 Å². The Balaban J connectivity index is 5.33. The Bertz CT molecular complexity index is 581. The summed E-state index contributed by atoms with van der Waals surface area (Å²) < 4.78 is 0. The molecule has 0 saturated heterocycles. The zero-order valence-corrected chi connectivity index (χ0v) is 18.1. The first kappa shape index (κ1) is 26.8. The second-order valence-corrected chi connectivity index (χ2v) is 7.90. The number of hydrogen-bond acceptors (Lipinski definition) is 6. The van der Waals surface area contributed by atoms with E-state index in [9.17, 15) is 24.3 Å². The van der Waals surface area contributed by atoms with Crippen LogP contribution >= 0.6 is 0 Å². The Morgan fingerprint density at radius 3 is 1.76 bits per heavy atom. The maximum absolute atomic E-state index is 12.8. The van der Waals surface area contributed by atoms with E-state index in [0.717, 1.165) is 0 Å². The minimum atomic E-state index is -1.38. The van der Waals surface area contributed by atoms with Crippen molar-refractivity contribution in [2.24, 2.45) is 17.6 Å². The first-order valence-corrected chi connectivity index (χ1v) is 9.89. The number of carboxylic acid groups (broad SMARTS) is 1. The smallest absolute Gasteiger partial charge is 0.325 e. The highest BCUT2D eigenvalue weighted by Gasteiger charge is 2.33. The molecule has 0 aliphatic heterocycles. The van der Waals surface area contributed by atoms with Gasteiger partial charge in [-0.15, -0.1) is 0 Å². The quantitative estimate of drug-likeness (QED) is 0.245. The Kier molecular flexibility index (Phi) is 11.4. The lowest BCUT2D eigenvalue weighted by Gasteiger charge is -2.28. The topological polar surface area (TPSA) is 171 Å². The van der Waals surface area contributed by atoms with Crippen LogP contribution in [0.5, 0.6) is 0 Å². The van der Waals surface area contributed by atoms with Crippen LogP contribution in [0.3, 0.4) is 0 Å². The van der Waals surface area contributed by atoms with Crippen LogP contribution in [0.1, 0.15) is 54.4 Å². The minimum Gasteiger partial charge on any atom is -0.480 e. The molecule has 0 aliphatic carbocycles. The molecule has 0 heterocycles. The Morgan fingerprint density at radius 2 is 1.34 bits per heavy atom. The molecule has 0 fully saturated rings. The molecular formula is C19H36N4O6. The molecule has 0 aromatic heterocycles. The summed E-state index contributed by atoms with van der Waals surface area (Å²) in [5.74, 6) is -3.29. The fourth-order valence-electron chi connectivity index (χ4n) is 2.59. The number of amides is 3. The molecule has 10 nitrogen and oxygen atoms in total. The Labute approximate surface area is 172 Å². The largest absolute Gasteiger partial charge is 0.480 e. The highest BCUT2D eigenvalue weighted by atomic mass is 16.4. The zero-order chi connectivity index (χ0) is 22.9. The molecule has 6 atom stereocenters. The molecule has 0 aromatic rings. The van der Waals surface area contributed by atoms with Gasteiger partial charge in [0.1, 0.15) is 18.1 Å². The van der Waals surface area contributed by atoms with E-state index in [1.807, 2.05) is 20.8 Å². The van der Waals surface area contributed by atoms with Gasteiger partial charge in [0.2, 0.25) is 17.7 Å². The number of aliphatic carboxylic acids is 1. The summed E-state index contributed by atoms with van der Waals surface area (Å²) in [5, 5.41) is 26.1. The maximum Gasteiger partial charge on any atom is 0.325 e. The van der Waals surface area contributed by atoms with Crippen molar-refractivity contribution in [1.29, 1.82) is 0 Å². The number of nitrogens with one attached hydrogen (secondary N) is 3. The fourth-order valence-corrected chi connectivity index (χ4v) is 2.59. The van der Waals surface area contributed by atoms with E-state index < -0.39 is 54.0 Å². The molecule has 0 rings (SSSR count). The van der Waals surface area contributed by atoms with E-state index in [4.69, 9.17) is 10.8 Å². The molecule has 3 amide bonds. The van der Waals surface area contributed by atoms with Gasteiger partial charge < -0.3 is 31.9 Å². The lowest BCUT2D eigenvalue weighted by atomic mass is 9.96. The molecule has 6 unspecified atom stereocenters. The van der Waals surface area contributed by atoms with Gasteiger partial charge in [-0.05, 0) is 32.1 Å². The lowest BCUT2D eigenvalue weighted by molar-refractivity contribution is -0.142. The third kappa shape index (κ3) is 9.23. The number of carboxylic acids is 1. The summed E-state index contributed by atoms with van der Waals surface area (Å²) >= 11 is 0. The minimum absolute atomic E-state index is 0.200. The average Bonchev–Trinajstić information content (AvgIpc) is 2.61. The third-order valence-electron chi connectivity index (χ3n) is 4.65. The Morgan fingerprint density at radius 1 is 0.862 bits per heavy atom. The van der Waals surface area contributed by atoms with Gasteiger partial charge in [-0.3, -0.25) is 19.2 Å². The molecule has 168 valence electrons. The monoisotopic (exact) mass is 416 g/mol. The number of rotatable bonds is 12. The highest BCUT2D eigenvalue weighted by molar-refractivity contribution is 5.94. The third-order valence-corrected chi connectivity index (χ3v) is 4.65. The molecule has 10 heteroatoms. The van der Waals surface area contributed by atoms with Crippen LogP contribution in [0.15, 0.2) is 0 Å². The predicted octanol–water partition coefficient (Wildman–Crippen LogP) is -0.654. The van der Waals surface area contributed by atoms with Crippen LogP contribution in [0.25, 0.3) is 0 Å². The number of aliphatic hydroxyl groups is 1. The van der Waals surface area contributed by atoms with Gasteiger partial charge in [0.15, 0.2) is 0 Å². The van der Waals surface area contributed by atoms with E-state index in [1.54, 1.807) is 6.92 Å². The first-order chi connectivity index (χ1) is 13.3. The van der Waals surface area contributed by atoms with Crippen molar-refractivity contribution in [1.82, 2.24) is 16.0 Å². The van der Waals surface area contributed by atoms with E-state index in [-0.39, 0.29) is 11.8 Å². The van der Waals surface area contributed by atoms with Crippen molar-refractivity contribution in [3.63, 3.8) is 0 Å². The van der Waals surface area contributed by atoms with Crippen molar-refractivity contribution >= 4 is 23.7 Å². The van der Waals surface area contributed by atoms with Crippen LogP contribution in [-0.4, -0.2) is 64.2 Å². The second kappa shape index (κ2) is 12.4. The molecule has 0 spiro atoms. The first-order valence-electron chi connectivity index (χ1n) is 9.89. The van der Waals surface area contributed by atoms with E-state index >= 15 is 0 Å². The summed E-state index contributed by atoms with van der Waals surface area (Å²) in [7, 11) is 0. The molecule has 29 heavy (non-hydrogen) atoms. The van der Waals surface area contributed by atoms with Crippen molar-refractivity contribution in [2.45, 2.75) is 84.7 Å². The summed E-state index contributed by atoms with van der Waals surface area (Å²) in [5.41, 5.74) is 5.89. The van der Waals surface area contributed by atoms with Gasteiger partial charge in [-0.1, -0.05) is 34.1 Å². The SMILES string of the molecule is CCC(C)C(NC(=O)C(N)CC(C)C)C(=O)NC(C(=O)NC(C)C(=O)O)C(C)O. The normalized spacial score (nSPS) is 17.4. The van der Waals surface area contributed by atoms with Gasteiger partial charge in [0.25, 0.3) is 0 Å². The van der Waals surface area contributed by atoms with Gasteiger partial charge in [-0.2, -0.15) is 0 Å². The zero-order valence-electron chi connectivity index (χ0n) is 18.1. The van der Waals surface area contributed by atoms with Crippen LogP contribution < -0.4 is 21.7 Å². The van der Waals surface area contributed by atoms with Gasteiger partial charge >= 0.3 is 5.97 Å². The van der Waals surface area contributed by atoms with Crippen molar-refractivity contribution in [2.75, 3.05) is 0 Å². The standard InChI is InChI=1S/C19H36N4O6/c1-7-10(4)14(22-16(25)13(20)8-9(2)3)17(26)23-15(12(6)24)18(27)21-11(5)19(28)29/h9-15,24H,7-8,20H2,1-6H3,(H,21,27)(H,22,25)(H,23,26)(H,28,29). The molecule has 0 bridgehead atoms. The van der Waals surface area contributed by atoms with Gasteiger partial charge in [-0.25, -0.2) is 0 Å². The highest BCUT2D eigenvalue weighted by Crippen LogP contribution is 2.11. The van der Waals surface area contributed by atoms with Crippen molar-refractivity contribution in [3.8, 4) is 0 Å². The summed E-state index contributed by atoms with van der Waals surface area (Å²) in [6.07, 6.45) is -0.261. The molecule has 7 N–H and O–H groups in total. The molecule has 0 radical (unpaired) electrons.